The zero-order valence-electron chi connectivity index (χ0n) is 6.26. The van der Waals surface area contributed by atoms with Gasteiger partial charge in [0.15, 0.2) is 0 Å². The van der Waals surface area contributed by atoms with Crippen molar-refractivity contribution in [2.24, 2.45) is 5.92 Å². The van der Waals surface area contributed by atoms with Crippen molar-refractivity contribution in [3.63, 3.8) is 0 Å². The minimum Gasteiger partial charge on any atom is -0.433 e. The van der Waals surface area contributed by atoms with Crippen LogP contribution in [-0.4, -0.2) is 16.9 Å². The lowest BCUT2D eigenvalue weighted by atomic mass is 9.94. The van der Waals surface area contributed by atoms with Crippen LogP contribution in [0.5, 0.6) is 0 Å². The van der Waals surface area contributed by atoms with Crippen molar-refractivity contribution in [1.29, 1.82) is 0 Å². The van der Waals surface area contributed by atoms with Crippen LogP contribution in [0, 0.1) is 5.92 Å². The van der Waals surface area contributed by atoms with E-state index in [-0.39, 0.29) is 11.9 Å². The molecule has 10 heavy (non-hydrogen) atoms. The number of carbonyl (C=O) groups excluding carboxylic acids is 1. The zero-order chi connectivity index (χ0) is 7.78. The lowest BCUT2D eigenvalue weighted by molar-refractivity contribution is -0.233. The van der Waals surface area contributed by atoms with E-state index in [1.54, 1.807) is 0 Å². The van der Waals surface area contributed by atoms with Crippen molar-refractivity contribution >= 4 is 5.97 Å². The fraction of sp³-hybridized carbons (Fsp3) is 0.857. The molecule has 1 saturated heterocycles. The van der Waals surface area contributed by atoms with Crippen LogP contribution in [0.2, 0.25) is 0 Å². The van der Waals surface area contributed by atoms with Crippen LogP contribution in [0.25, 0.3) is 0 Å². The second-order valence-corrected chi connectivity index (χ2v) is 2.97. The van der Waals surface area contributed by atoms with E-state index >= 15 is 0 Å². The van der Waals surface area contributed by atoms with Crippen molar-refractivity contribution < 1.29 is 14.6 Å². The molecular weight excluding hydrogens is 132 g/mol. The summed E-state index contributed by atoms with van der Waals surface area (Å²) >= 11 is 0. The summed E-state index contributed by atoms with van der Waals surface area (Å²) in [5.41, 5.74) is 0. The fourth-order valence-electron chi connectivity index (χ4n) is 0.984. The third-order valence-corrected chi connectivity index (χ3v) is 2.02. The summed E-state index contributed by atoms with van der Waals surface area (Å²) in [6.45, 7) is 3.39. The molecule has 58 valence electrons. The first-order valence-electron chi connectivity index (χ1n) is 3.46. The molecule has 0 spiro atoms. The summed E-state index contributed by atoms with van der Waals surface area (Å²) < 4.78 is 4.70. The Hall–Kier alpha value is -0.570. The zero-order valence-corrected chi connectivity index (χ0v) is 6.26. The molecule has 0 radical (unpaired) electrons. The Morgan fingerprint density at radius 3 is 2.80 bits per heavy atom. The Bertz CT molecular complexity index is 151. The van der Waals surface area contributed by atoms with Crippen LogP contribution >= 0.6 is 0 Å². The van der Waals surface area contributed by atoms with E-state index in [1.165, 1.54) is 6.92 Å². The van der Waals surface area contributed by atoms with Crippen molar-refractivity contribution in [2.75, 3.05) is 0 Å². The number of aliphatic hydroxyl groups is 1. The first-order chi connectivity index (χ1) is 4.52. The van der Waals surface area contributed by atoms with Crippen molar-refractivity contribution in [2.45, 2.75) is 32.5 Å². The monoisotopic (exact) mass is 144 g/mol. The van der Waals surface area contributed by atoms with Crippen molar-refractivity contribution in [3.05, 3.63) is 0 Å². The summed E-state index contributed by atoms with van der Waals surface area (Å²) in [4.78, 5) is 10.6. The van der Waals surface area contributed by atoms with E-state index in [0.717, 1.165) is 0 Å². The second-order valence-electron chi connectivity index (χ2n) is 2.97. The predicted octanol–water partition coefficient (Wildman–Crippen LogP) is 0.668. The Balaban J connectivity index is 2.63. The van der Waals surface area contributed by atoms with Crippen LogP contribution < -0.4 is 0 Å². The third kappa shape index (κ3) is 1.29. The Labute approximate surface area is 60.0 Å². The molecule has 0 saturated carbocycles. The molecule has 1 N–H and O–H groups in total. The summed E-state index contributed by atoms with van der Waals surface area (Å²) in [6, 6.07) is 0. The molecule has 0 bridgehead atoms. The maximum Gasteiger partial charge on any atom is 0.308 e. The Morgan fingerprint density at radius 2 is 2.40 bits per heavy atom. The van der Waals surface area contributed by atoms with Gasteiger partial charge in [0, 0.05) is 19.3 Å². The van der Waals surface area contributed by atoms with E-state index in [4.69, 9.17) is 4.74 Å². The summed E-state index contributed by atoms with van der Waals surface area (Å²) in [6.07, 6.45) is 1.14. The molecule has 1 aliphatic heterocycles. The van der Waals surface area contributed by atoms with Crippen LogP contribution in [0.4, 0.5) is 0 Å². The average molecular weight is 144 g/mol. The van der Waals surface area contributed by atoms with Crippen molar-refractivity contribution in [3.8, 4) is 0 Å². The molecule has 0 amide bonds. The summed E-state index contributed by atoms with van der Waals surface area (Å²) in [5, 5.41) is 9.37. The van der Waals surface area contributed by atoms with E-state index < -0.39 is 5.79 Å². The highest BCUT2D eigenvalue weighted by atomic mass is 16.7. The SMILES string of the molecule is CC1CCC(=O)OC1(C)O. The summed E-state index contributed by atoms with van der Waals surface area (Å²) in [7, 11) is 0. The number of carbonyl (C=O) groups is 1. The van der Waals surface area contributed by atoms with Gasteiger partial charge in [0.2, 0.25) is 5.79 Å². The number of cyclic esters (lactones) is 1. The molecule has 1 rings (SSSR count). The highest BCUT2D eigenvalue weighted by Gasteiger charge is 2.36. The molecule has 1 heterocycles. The number of rotatable bonds is 0. The third-order valence-electron chi connectivity index (χ3n) is 2.02. The second kappa shape index (κ2) is 2.23. The molecule has 0 aromatic carbocycles. The van der Waals surface area contributed by atoms with E-state index in [1.807, 2.05) is 6.92 Å². The first-order valence-corrected chi connectivity index (χ1v) is 3.46. The molecule has 1 fully saturated rings. The molecule has 0 aliphatic carbocycles. The van der Waals surface area contributed by atoms with Crippen LogP contribution in [0.15, 0.2) is 0 Å². The lowest BCUT2D eigenvalue weighted by Gasteiger charge is -2.33. The van der Waals surface area contributed by atoms with E-state index in [9.17, 15) is 9.90 Å². The smallest absolute Gasteiger partial charge is 0.308 e. The lowest BCUT2D eigenvalue weighted by Crippen LogP contribution is -2.42. The topological polar surface area (TPSA) is 46.5 Å². The Kier molecular flexibility index (Phi) is 1.68. The van der Waals surface area contributed by atoms with Crippen molar-refractivity contribution in [1.82, 2.24) is 0 Å². The molecular formula is C7H12O3. The van der Waals surface area contributed by atoms with E-state index in [2.05, 4.69) is 0 Å². The largest absolute Gasteiger partial charge is 0.433 e. The van der Waals surface area contributed by atoms with Gasteiger partial charge in [-0.1, -0.05) is 6.92 Å². The minimum atomic E-state index is -1.24. The van der Waals surface area contributed by atoms with Crippen LogP contribution in [0.1, 0.15) is 26.7 Å². The van der Waals surface area contributed by atoms with Gasteiger partial charge < -0.3 is 9.84 Å². The summed E-state index contributed by atoms with van der Waals surface area (Å²) in [5.74, 6) is -1.50. The molecule has 3 heteroatoms. The molecule has 0 aromatic heterocycles. The van der Waals surface area contributed by atoms with E-state index in [0.29, 0.717) is 12.8 Å². The molecule has 1 aliphatic rings. The molecule has 0 aromatic rings. The van der Waals surface area contributed by atoms with Crippen LogP contribution in [0.3, 0.4) is 0 Å². The Morgan fingerprint density at radius 1 is 1.80 bits per heavy atom. The number of ether oxygens (including phenoxy) is 1. The van der Waals surface area contributed by atoms with Gasteiger partial charge in [-0.2, -0.15) is 0 Å². The highest BCUT2D eigenvalue weighted by Crippen LogP contribution is 2.28. The normalized spacial score (nSPS) is 41.1. The van der Waals surface area contributed by atoms with Gasteiger partial charge in [-0.25, -0.2) is 0 Å². The maximum absolute atomic E-state index is 10.6. The van der Waals surface area contributed by atoms with Gasteiger partial charge >= 0.3 is 5.97 Å². The van der Waals surface area contributed by atoms with Crippen LogP contribution in [-0.2, 0) is 9.53 Å². The molecule has 2 unspecified atom stereocenters. The standard InChI is InChI=1S/C7H12O3/c1-5-3-4-6(8)10-7(5,2)9/h5,9H,3-4H2,1-2H3. The van der Waals surface area contributed by atoms with Gasteiger partial charge in [0.05, 0.1) is 0 Å². The quantitative estimate of drug-likeness (QED) is 0.508. The van der Waals surface area contributed by atoms with Gasteiger partial charge in [0.25, 0.3) is 0 Å². The molecule has 2 atom stereocenters. The fourth-order valence-corrected chi connectivity index (χ4v) is 0.984. The number of hydrogen-bond donors (Lipinski definition) is 1. The molecule has 3 nitrogen and oxygen atoms in total. The minimum absolute atomic E-state index is 0.0465. The van der Waals surface area contributed by atoms with Gasteiger partial charge in [-0.05, 0) is 6.42 Å². The predicted molar refractivity (Wildman–Crippen MR) is 35.1 cm³/mol. The number of esters is 1. The van der Waals surface area contributed by atoms with Gasteiger partial charge in [0.1, 0.15) is 0 Å². The van der Waals surface area contributed by atoms with Gasteiger partial charge in [-0.3, -0.25) is 4.79 Å². The van der Waals surface area contributed by atoms with Gasteiger partial charge in [-0.15, -0.1) is 0 Å². The first kappa shape index (κ1) is 7.54. The highest BCUT2D eigenvalue weighted by molar-refractivity contribution is 5.70. The average Bonchev–Trinajstić information content (AvgIpc) is 1.78. The maximum atomic E-state index is 10.6. The number of hydrogen-bond acceptors (Lipinski definition) is 3.